The van der Waals surface area contributed by atoms with E-state index in [0.717, 1.165) is 44.6 Å². The lowest BCUT2D eigenvalue weighted by Crippen LogP contribution is -2.46. The van der Waals surface area contributed by atoms with Crippen molar-refractivity contribution in [2.75, 3.05) is 36.5 Å². The van der Waals surface area contributed by atoms with Gasteiger partial charge in [0.05, 0.1) is 36.9 Å². The minimum Gasteiger partial charge on any atom is -0.378 e. The topological polar surface area (TPSA) is 91.8 Å². The van der Waals surface area contributed by atoms with Gasteiger partial charge in [0.15, 0.2) is 0 Å². The number of morpholine rings is 1. The first-order valence-electron chi connectivity index (χ1n) is 10.0. The van der Waals surface area contributed by atoms with Gasteiger partial charge in [-0.05, 0) is 31.9 Å². The molecule has 0 spiro atoms. The highest BCUT2D eigenvalue weighted by atomic mass is 16.5. The van der Waals surface area contributed by atoms with E-state index in [1.807, 2.05) is 6.07 Å². The first-order chi connectivity index (χ1) is 13.6. The number of anilines is 2. The molecule has 4 rings (SSSR count). The normalized spacial score (nSPS) is 26.2. The molecule has 3 aliphatic rings. The number of hydrogen-bond acceptors (Lipinski definition) is 6. The minimum atomic E-state index is -0.829. The van der Waals surface area contributed by atoms with Crippen molar-refractivity contribution in [2.24, 2.45) is 11.8 Å². The number of hydrogen-bond donors (Lipinski definition) is 1. The van der Waals surface area contributed by atoms with Gasteiger partial charge in [-0.3, -0.25) is 19.3 Å². The van der Waals surface area contributed by atoms with Gasteiger partial charge >= 0.3 is 0 Å². The molecule has 0 radical (unpaired) electrons. The second-order valence-corrected chi connectivity index (χ2v) is 7.71. The van der Waals surface area contributed by atoms with Crippen molar-refractivity contribution in [2.45, 2.75) is 38.6 Å². The molecule has 1 N–H and O–H groups in total. The molecule has 1 aromatic rings. The number of nitrogens with one attached hydrogen (secondary N) is 1. The summed E-state index contributed by atoms with van der Waals surface area (Å²) in [5.74, 6) is -0.419. The van der Waals surface area contributed by atoms with Crippen LogP contribution in [0.5, 0.6) is 0 Å². The standard InChI is InChI=1S/C20H26N4O4/c1-13(24-19(26)15-4-2-3-5-16(15)20(24)27)18(25)22-14-6-7-17(21-12-14)23-8-10-28-11-9-23/h6-7,12-13,15-16H,2-5,8-11H2,1H3,(H,22,25). The second-order valence-electron chi connectivity index (χ2n) is 7.71. The number of imide groups is 1. The van der Waals surface area contributed by atoms with Gasteiger partial charge in [-0.1, -0.05) is 12.8 Å². The number of carbonyl (C=O) groups is 3. The SMILES string of the molecule is CC(C(=O)Nc1ccc(N2CCOCC2)nc1)N1C(=O)C2CCCCC2C1=O. The molecule has 28 heavy (non-hydrogen) atoms. The van der Waals surface area contributed by atoms with Crippen molar-refractivity contribution in [3.05, 3.63) is 18.3 Å². The Morgan fingerprint density at radius 3 is 2.36 bits per heavy atom. The van der Waals surface area contributed by atoms with E-state index in [1.165, 1.54) is 4.90 Å². The Balaban J connectivity index is 1.40. The molecule has 2 saturated heterocycles. The van der Waals surface area contributed by atoms with Crippen molar-refractivity contribution in [3.63, 3.8) is 0 Å². The molecule has 3 amide bonds. The first-order valence-corrected chi connectivity index (χ1v) is 10.0. The van der Waals surface area contributed by atoms with Crippen LogP contribution in [-0.2, 0) is 19.1 Å². The summed E-state index contributed by atoms with van der Waals surface area (Å²) in [7, 11) is 0. The number of nitrogens with zero attached hydrogens (tertiary/aromatic N) is 3. The fraction of sp³-hybridized carbons (Fsp3) is 0.600. The maximum Gasteiger partial charge on any atom is 0.247 e. The second kappa shape index (κ2) is 7.87. The Bertz CT molecular complexity index is 736. The number of likely N-dealkylation sites (tertiary alicyclic amines) is 1. The Morgan fingerprint density at radius 1 is 1.14 bits per heavy atom. The number of rotatable bonds is 4. The van der Waals surface area contributed by atoms with E-state index in [1.54, 1.807) is 19.2 Å². The maximum atomic E-state index is 12.7. The summed E-state index contributed by atoms with van der Waals surface area (Å²) in [6, 6.07) is 2.81. The monoisotopic (exact) mass is 386 g/mol. The molecule has 0 bridgehead atoms. The van der Waals surface area contributed by atoms with Crippen molar-refractivity contribution in [1.82, 2.24) is 9.88 Å². The molecule has 150 valence electrons. The van der Waals surface area contributed by atoms with Crippen LogP contribution in [0.2, 0.25) is 0 Å². The zero-order valence-corrected chi connectivity index (χ0v) is 16.1. The summed E-state index contributed by atoms with van der Waals surface area (Å²) >= 11 is 0. The average molecular weight is 386 g/mol. The lowest BCUT2D eigenvalue weighted by molar-refractivity contribution is -0.146. The highest BCUT2D eigenvalue weighted by molar-refractivity contribution is 6.09. The van der Waals surface area contributed by atoms with Gasteiger partial charge in [0.25, 0.3) is 0 Å². The van der Waals surface area contributed by atoms with Crippen LogP contribution in [0.4, 0.5) is 11.5 Å². The highest BCUT2D eigenvalue weighted by Crippen LogP contribution is 2.38. The summed E-state index contributed by atoms with van der Waals surface area (Å²) in [4.78, 5) is 45.7. The Hall–Kier alpha value is -2.48. The Labute approximate surface area is 164 Å². The quantitative estimate of drug-likeness (QED) is 0.787. The van der Waals surface area contributed by atoms with Gasteiger partial charge in [0.1, 0.15) is 11.9 Å². The third-order valence-corrected chi connectivity index (χ3v) is 5.99. The number of fused-ring (bicyclic) bond motifs is 1. The lowest BCUT2D eigenvalue weighted by Gasteiger charge is -2.27. The van der Waals surface area contributed by atoms with Crippen LogP contribution >= 0.6 is 0 Å². The van der Waals surface area contributed by atoms with E-state index in [0.29, 0.717) is 18.9 Å². The summed E-state index contributed by atoms with van der Waals surface area (Å²) in [5.41, 5.74) is 0.547. The Kier molecular flexibility index (Phi) is 5.30. The predicted molar refractivity (Wildman–Crippen MR) is 103 cm³/mol. The van der Waals surface area contributed by atoms with E-state index < -0.39 is 6.04 Å². The summed E-state index contributed by atoms with van der Waals surface area (Å²) in [5, 5.41) is 2.78. The van der Waals surface area contributed by atoms with Gasteiger partial charge in [-0.15, -0.1) is 0 Å². The maximum absolute atomic E-state index is 12.7. The number of carbonyl (C=O) groups excluding carboxylic acids is 3. The molecule has 2 aliphatic heterocycles. The van der Waals surface area contributed by atoms with Crippen LogP contribution < -0.4 is 10.2 Å². The van der Waals surface area contributed by atoms with Gasteiger partial charge < -0.3 is 15.0 Å². The molecule has 1 aliphatic carbocycles. The fourth-order valence-electron chi connectivity index (χ4n) is 4.37. The number of ether oxygens (including phenoxy) is 1. The zero-order valence-electron chi connectivity index (χ0n) is 16.1. The van der Waals surface area contributed by atoms with E-state index in [4.69, 9.17) is 4.74 Å². The smallest absolute Gasteiger partial charge is 0.247 e. The van der Waals surface area contributed by atoms with Gasteiger partial charge in [-0.2, -0.15) is 0 Å². The highest BCUT2D eigenvalue weighted by Gasteiger charge is 2.50. The summed E-state index contributed by atoms with van der Waals surface area (Å²) < 4.78 is 5.34. The lowest BCUT2D eigenvalue weighted by atomic mass is 9.81. The molecule has 8 nitrogen and oxygen atoms in total. The number of aromatic nitrogens is 1. The average Bonchev–Trinajstić information content (AvgIpc) is 2.99. The van der Waals surface area contributed by atoms with Crippen LogP contribution in [0, 0.1) is 11.8 Å². The predicted octanol–water partition coefficient (Wildman–Crippen LogP) is 1.42. The van der Waals surface area contributed by atoms with Crippen molar-refractivity contribution < 1.29 is 19.1 Å². The van der Waals surface area contributed by atoms with Crippen LogP contribution in [0.25, 0.3) is 0 Å². The summed E-state index contributed by atoms with van der Waals surface area (Å²) in [6.07, 6.45) is 5.02. The molecule has 1 saturated carbocycles. The molecule has 3 heterocycles. The van der Waals surface area contributed by atoms with Crippen LogP contribution in [0.1, 0.15) is 32.6 Å². The first kappa shape index (κ1) is 18.9. The van der Waals surface area contributed by atoms with Crippen molar-refractivity contribution in [3.8, 4) is 0 Å². The van der Waals surface area contributed by atoms with E-state index in [9.17, 15) is 14.4 Å². The largest absolute Gasteiger partial charge is 0.378 e. The fourth-order valence-corrected chi connectivity index (χ4v) is 4.37. The third kappa shape index (κ3) is 3.48. The number of amides is 3. The molecular weight excluding hydrogens is 360 g/mol. The van der Waals surface area contributed by atoms with Crippen molar-refractivity contribution in [1.29, 1.82) is 0 Å². The zero-order chi connectivity index (χ0) is 19.7. The van der Waals surface area contributed by atoms with E-state index in [-0.39, 0.29) is 29.6 Å². The van der Waals surface area contributed by atoms with Crippen LogP contribution in [0.3, 0.4) is 0 Å². The molecule has 1 aromatic heterocycles. The molecule has 3 atom stereocenters. The van der Waals surface area contributed by atoms with Gasteiger partial charge in [0.2, 0.25) is 17.7 Å². The molecule has 3 fully saturated rings. The molecule has 8 heteroatoms. The van der Waals surface area contributed by atoms with Crippen LogP contribution in [0.15, 0.2) is 18.3 Å². The van der Waals surface area contributed by atoms with Crippen molar-refractivity contribution >= 4 is 29.2 Å². The molecular formula is C20H26N4O4. The third-order valence-electron chi connectivity index (χ3n) is 5.99. The summed E-state index contributed by atoms with van der Waals surface area (Å²) in [6.45, 7) is 4.54. The molecule has 0 aromatic carbocycles. The van der Waals surface area contributed by atoms with Gasteiger partial charge in [-0.25, -0.2) is 4.98 Å². The van der Waals surface area contributed by atoms with E-state index >= 15 is 0 Å². The minimum absolute atomic E-state index is 0.196. The van der Waals surface area contributed by atoms with Gasteiger partial charge in [0, 0.05) is 13.1 Å². The van der Waals surface area contributed by atoms with E-state index in [2.05, 4.69) is 15.2 Å². The molecule has 3 unspecified atom stereocenters. The number of pyridine rings is 1. The Morgan fingerprint density at radius 2 is 1.79 bits per heavy atom. The van der Waals surface area contributed by atoms with Crippen LogP contribution in [-0.4, -0.2) is 60.0 Å².